The average Bonchev–Trinajstić information content (AvgIpc) is 2.23. The van der Waals surface area contributed by atoms with Crippen LogP contribution in [0.2, 0.25) is 0 Å². The number of carbonyl (C=O) groups is 1. The molecule has 0 heterocycles. The largest absolute Gasteiger partial charge is 0.381 e. The quantitative estimate of drug-likeness (QED) is 0.554. The van der Waals surface area contributed by atoms with E-state index in [0.29, 0.717) is 25.5 Å². The van der Waals surface area contributed by atoms with E-state index in [4.69, 9.17) is 4.74 Å². The van der Waals surface area contributed by atoms with E-state index in [1.54, 1.807) is 0 Å². The summed E-state index contributed by atoms with van der Waals surface area (Å²) < 4.78 is 5.43. The highest BCUT2D eigenvalue weighted by Crippen LogP contribution is 1.99. The number of likely N-dealkylation sites (N-methyl/N-ethyl adjacent to an activating group) is 1. The molecule has 16 heavy (non-hydrogen) atoms. The van der Waals surface area contributed by atoms with Gasteiger partial charge in [0.2, 0.25) is 5.91 Å². The van der Waals surface area contributed by atoms with Gasteiger partial charge in [0.05, 0.1) is 0 Å². The summed E-state index contributed by atoms with van der Waals surface area (Å²) in [5.41, 5.74) is 0. The Labute approximate surface area is 99.1 Å². The van der Waals surface area contributed by atoms with Crippen molar-refractivity contribution in [2.75, 3.05) is 33.4 Å². The Morgan fingerprint density at radius 1 is 1.25 bits per heavy atom. The van der Waals surface area contributed by atoms with Crippen LogP contribution >= 0.6 is 0 Å². The minimum absolute atomic E-state index is 0.114. The van der Waals surface area contributed by atoms with E-state index in [1.165, 1.54) is 0 Å². The van der Waals surface area contributed by atoms with Gasteiger partial charge in [-0.3, -0.25) is 4.79 Å². The first kappa shape index (κ1) is 15.4. The first-order valence-corrected chi connectivity index (χ1v) is 6.16. The van der Waals surface area contributed by atoms with Gasteiger partial charge in [-0.05, 0) is 25.8 Å². The third-order valence-electron chi connectivity index (χ3n) is 2.23. The Morgan fingerprint density at radius 3 is 2.62 bits per heavy atom. The molecule has 0 aliphatic heterocycles. The number of carbonyl (C=O) groups excluding carboxylic acids is 1. The molecule has 0 rings (SSSR count). The van der Waals surface area contributed by atoms with Crippen molar-refractivity contribution in [3.63, 3.8) is 0 Å². The summed E-state index contributed by atoms with van der Waals surface area (Å²) in [6.45, 7) is 7.36. The smallest absolute Gasteiger partial charge is 0.220 e. The molecule has 0 aromatic rings. The molecule has 0 atom stereocenters. The molecule has 0 saturated heterocycles. The zero-order valence-corrected chi connectivity index (χ0v) is 10.8. The number of hydrogen-bond donors (Lipinski definition) is 2. The van der Waals surface area contributed by atoms with Crippen LogP contribution in [-0.2, 0) is 9.53 Å². The Bertz CT molecular complexity index is 172. The molecular weight excluding hydrogens is 204 g/mol. The van der Waals surface area contributed by atoms with Crippen LogP contribution in [0.3, 0.4) is 0 Å². The average molecular weight is 230 g/mol. The Balaban J connectivity index is 3.15. The highest BCUT2D eigenvalue weighted by molar-refractivity contribution is 5.75. The van der Waals surface area contributed by atoms with E-state index in [0.717, 1.165) is 26.0 Å². The van der Waals surface area contributed by atoms with Gasteiger partial charge >= 0.3 is 0 Å². The first-order valence-electron chi connectivity index (χ1n) is 6.16. The van der Waals surface area contributed by atoms with Gasteiger partial charge in [0.1, 0.15) is 0 Å². The highest BCUT2D eigenvalue weighted by Gasteiger charge is 2.00. The second kappa shape index (κ2) is 10.9. The Hall–Kier alpha value is -0.610. The highest BCUT2D eigenvalue weighted by atomic mass is 16.5. The van der Waals surface area contributed by atoms with E-state index in [9.17, 15) is 4.79 Å². The van der Waals surface area contributed by atoms with Crippen LogP contribution in [0.5, 0.6) is 0 Å². The van der Waals surface area contributed by atoms with E-state index in [-0.39, 0.29) is 5.91 Å². The Morgan fingerprint density at radius 2 is 2.00 bits per heavy atom. The van der Waals surface area contributed by atoms with Crippen molar-refractivity contribution in [1.82, 2.24) is 10.6 Å². The molecule has 0 aromatic carbocycles. The number of amides is 1. The van der Waals surface area contributed by atoms with Crippen LogP contribution in [0, 0.1) is 5.92 Å². The predicted molar refractivity (Wildman–Crippen MR) is 66.4 cm³/mol. The summed E-state index contributed by atoms with van der Waals surface area (Å²) in [5, 5.41) is 5.81. The predicted octanol–water partition coefficient (Wildman–Crippen LogP) is 1.16. The van der Waals surface area contributed by atoms with Gasteiger partial charge in [-0.25, -0.2) is 0 Å². The molecule has 0 spiro atoms. The monoisotopic (exact) mass is 230 g/mol. The van der Waals surface area contributed by atoms with Gasteiger partial charge in [0.15, 0.2) is 0 Å². The summed E-state index contributed by atoms with van der Waals surface area (Å²) in [6.07, 6.45) is 2.46. The van der Waals surface area contributed by atoms with Crippen LogP contribution < -0.4 is 10.6 Å². The molecule has 0 radical (unpaired) electrons. The second-order valence-corrected chi connectivity index (χ2v) is 4.35. The minimum atomic E-state index is 0.114. The number of rotatable bonds is 10. The molecule has 0 fully saturated rings. The molecule has 2 N–H and O–H groups in total. The van der Waals surface area contributed by atoms with Crippen molar-refractivity contribution in [2.45, 2.75) is 33.1 Å². The van der Waals surface area contributed by atoms with E-state index < -0.39 is 0 Å². The van der Waals surface area contributed by atoms with Crippen molar-refractivity contribution < 1.29 is 9.53 Å². The third-order valence-corrected chi connectivity index (χ3v) is 2.23. The first-order chi connectivity index (χ1) is 7.66. The molecule has 4 heteroatoms. The second-order valence-electron chi connectivity index (χ2n) is 4.35. The molecule has 0 aliphatic rings. The molecular formula is C12H26N2O2. The Kier molecular flexibility index (Phi) is 10.5. The van der Waals surface area contributed by atoms with E-state index >= 15 is 0 Å². The maximum absolute atomic E-state index is 11.3. The van der Waals surface area contributed by atoms with Crippen LogP contribution in [-0.4, -0.2) is 39.3 Å². The molecule has 4 nitrogen and oxygen atoms in total. The van der Waals surface area contributed by atoms with Crippen LogP contribution in [0.15, 0.2) is 0 Å². The van der Waals surface area contributed by atoms with Crippen molar-refractivity contribution in [2.24, 2.45) is 5.92 Å². The lowest BCUT2D eigenvalue weighted by atomic mass is 10.1. The van der Waals surface area contributed by atoms with Crippen molar-refractivity contribution in [3.05, 3.63) is 0 Å². The fourth-order valence-corrected chi connectivity index (χ4v) is 1.17. The summed E-state index contributed by atoms with van der Waals surface area (Å²) in [7, 11) is 1.87. The van der Waals surface area contributed by atoms with Crippen LogP contribution in [0.4, 0.5) is 0 Å². The summed E-state index contributed by atoms with van der Waals surface area (Å²) in [6, 6.07) is 0. The topological polar surface area (TPSA) is 50.4 Å². The van der Waals surface area contributed by atoms with Gasteiger partial charge in [0, 0.05) is 32.7 Å². The van der Waals surface area contributed by atoms with E-state index in [2.05, 4.69) is 24.5 Å². The lowest BCUT2D eigenvalue weighted by Gasteiger charge is -2.07. The molecule has 0 aromatic heterocycles. The summed E-state index contributed by atoms with van der Waals surface area (Å²) in [5.74, 6) is 0.799. The lowest BCUT2D eigenvalue weighted by Crippen LogP contribution is -2.30. The summed E-state index contributed by atoms with van der Waals surface area (Å²) >= 11 is 0. The maximum atomic E-state index is 11.3. The van der Waals surface area contributed by atoms with Gasteiger partial charge in [-0.2, -0.15) is 0 Å². The fraction of sp³-hybridized carbons (Fsp3) is 0.917. The van der Waals surface area contributed by atoms with Gasteiger partial charge in [-0.15, -0.1) is 0 Å². The molecule has 96 valence electrons. The summed E-state index contributed by atoms with van der Waals surface area (Å²) in [4.78, 5) is 11.3. The van der Waals surface area contributed by atoms with Crippen LogP contribution in [0.25, 0.3) is 0 Å². The van der Waals surface area contributed by atoms with Crippen molar-refractivity contribution >= 4 is 5.91 Å². The van der Waals surface area contributed by atoms with Crippen molar-refractivity contribution in [3.8, 4) is 0 Å². The zero-order chi connectivity index (χ0) is 12.2. The maximum Gasteiger partial charge on any atom is 0.220 e. The minimum Gasteiger partial charge on any atom is -0.381 e. The zero-order valence-electron chi connectivity index (χ0n) is 10.8. The molecule has 1 amide bonds. The third kappa shape index (κ3) is 11.5. The fourth-order valence-electron chi connectivity index (χ4n) is 1.17. The van der Waals surface area contributed by atoms with Gasteiger partial charge < -0.3 is 15.4 Å². The van der Waals surface area contributed by atoms with Crippen LogP contribution in [0.1, 0.15) is 33.1 Å². The molecule has 0 bridgehead atoms. The van der Waals surface area contributed by atoms with E-state index in [1.807, 2.05) is 7.05 Å². The number of hydrogen-bond acceptors (Lipinski definition) is 3. The lowest BCUT2D eigenvalue weighted by molar-refractivity contribution is -0.121. The molecule has 0 unspecified atom stereocenters. The molecule has 0 saturated carbocycles. The van der Waals surface area contributed by atoms with Gasteiger partial charge in [-0.1, -0.05) is 13.8 Å². The SMILES string of the molecule is CNCCNC(=O)CCCOCCC(C)C. The van der Waals surface area contributed by atoms with Gasteiger partial charge in [0.25, 0.3) is 0 Å². The molecule has 0 aliphatic carbocycles. The normalized spacial score (nSPS) is 10.8. The number of nitrogens with one attached hydrogen (secondary N) is 2. The number of ether oxygens (including phenoxy) is 1. The van der Waals surface area contributed by atoms with Crippen molar-refractivity contribution in [1.29, 1.82) is 0 Å². The standard InChI is InChI=1S/C12H26N2O2/c1-11(2)6-10-16-9-4-5-12(15)14-8-7-13-3/h11,13H,4-10H2,1-3H3,(H,14,15).